The summed E-state index contributed by atoms with van der Waals surface area (Å²) < 4.78 is 0. The molecule has 0 amide bonds. The molecule has 1 atom stereocenters. The monoisotopic (exact) mass is 215 g/mol. The molecule has 1 unspecified atom stereocenters. The molecule has 0 aromatic heterocycles. The van der Waals surface area contributed by atoms with Crippen LogP contribution in [0.25, 0.3) is 0 Å². The Morgan fingerprint density at radius 1 is 1.25 bits per heavy atom. The Kier molecular flexibility index (Phi) is 5.08. The molecular weight excluding hydrogens is 194 g/mol. The summed E-state index contributed by atoms with van der Waals surface area (Å²) in [7, 11) is 0. The van der Waals surface area contributed by atoms with Crippen molar-refractivity contribution >= 4 is 0 Å². The molecule has 0 fully saturated rings. The zero-order valence-corrected chi connectivity index (χ0v) is 10.3. The van der Waals surface area contributed by atoms with Gasteiger partial charge in [-0.25, -0.2) is 0 Å². The van der Waals surface area contributed by atoms with Crippen molar-refractivity contribution < 1.29 is 0 Å². The molecule has 0 saturated heterocycles. The number of hydrogen-bond acceptors (Lipinski definition) is 1. The summed E-state index contributed by atoms with van der Waals surface area (Å²) in [5.41, 5.74) is 10.0. The van der Waals surface area contributed by atoms with Gasteiger partial charge in [0.2, 0.25) is 0 Å². The van der Waals surface area contributed by atoms with E-state index in [2.05, 4.69) is 38.0 Å². The van der Waals surface area contributed by atoms with Gasteiger partial charge in [0.05, 0.1) is 0 Å². The van der Waals surface area contributed by atoms with Gasteiger partial charge in [0, 0.05) is 12.5 Å². The second-order valence-corrected chi connectivity index (χ2v) is 4.56. The first-order valence-corrected chi connectivity index (χ1v) is 5.88. The molecule has 0 aliphatic heterocycles. The van der Waals surface area contributed by atoms with Crippen LogP contribution < -0.4 is 5.73 Å². The van der Waals surface area contributed by atoms with Crippen LogP contribution in [0.1, 0.15) is 36.0 Å². The largest absolute Gasteiger partial charge is 0.327 e. The molecule has 0 aliphatic rings. The summed E-state index contributed by atoms with van der Waals surface area (Å²) in [6.45, 7) is 4.25. The number of terminal acetylenes is 1. The van der Waals surface area contributed by atoms with Gasteiger partial charge in [-0.15, -0.1) is 12.3 Å². The maximum Gasteiger partial charge on any atom is 0.00866 e. The predicted molar refractivity (Wildman–Crippen MR) is 70.3 cm³/mol. The van der Waals surface area contributed by atoms with Crippen molar-refractivity contribution in [2.75, 3.05) is 0 Å². The Morgan fingerprint density at radius 2 is 1.88 bits per heavy atom. The minimum absolute atomic E-state index is 0.231. The SMILES string of the molecule is C#CCCCC(N)Cc1cc(C)cc(C)c1. The van der Waals surface area contributed by atoms with E-state index in [-0.39, 0.29) is 6.04 Å². The highest BCUT2D eigenvalue weighted by Crippen LogP contribution is 2.12. The van der Waals surface area contributed by atoms with Gasteiger partial charge in [0.25, 0.3) is 0 Å². The lowest BCUT2D eigenvalue weighted by atomic mass is 9.99. The minimum atomic E-state index is 0.231. The van der Waals surface area contributed by atoms with Crippen LogP contribution in [0.2, 0.25) is 0 Å². The highest BCUT2D eigenvalue weighted by Gasteiger charge is 2.04. The third kappa shape index (κ3) is 4.51. The standard InChI is InChI=1S/C15H21N/c1-4-5-6-7-15(16)11-14-9-12(2)8-13(3)10-14/h1,8-10,15H,5-7,11,16H2,2-3H3. The van der Waals surface area contributed by atoms with E-state index in [1.54, 1.807) is 0 Å². The number of nitrogens with two attached hydrogens (primary N) is 1. The Balaban J connectivity index is 2.49. The van der Waals surface area contributed by atoms with Crippen LogP contribution in [0.3, 0.4) is 0 Å². The van der Waals surface area contributed by atoms with E-state index in [0.29, 0.717) is 0 Å². The van der Waals surface area contributed by atoms with Crippen molar-refractivity contribution in [1.82, 2.24) is 0 Å². The van der Waals surface area contributed by atoms with Gasteiger partial charge >= 0.3 is 0 Å². The molecule has 1 heteroatoms. The van der Waals surface area contributed by atoms with Gasteiger partial charge < -0.3 is 5.73 Å². The molecule has 0 saturated carbocycles. The van der Waals surface area contributed by atoms with Crippen molar-refractivity contribution in [3.8, 4) is 12.3 Å². The van der Waals surface area contributed by atoms with Crippen LogP contribution in [0.15, 0.2) is 18.2 Å². The van der Waals surface area contributed by atoms with Crippen molar-refractivity contribution in [2.45, 2.75) is 45.6 Å². The first-order valence-electron chi connectivity index (χ1n) is 5.88. The van der Waals surface area contributed by atoms with Crippen molar-refractivity contribution in [3.05, 3.63) is 34.9 Å². The van der Waals surface area contributed by atoms with Crippen LogP contribution in [0.5, 0.6) is 0 Å². The number of benzene rings is 1. The summed E-state index contributed by atoms with van der Waals surface area (Å²) in [5.74, 6) is 2.65. The van der Waals surface area contributed by atoms with Gasteiger partial charge in [0.1, 0.15) is 0 Å². The highest BCUT2D eigenvalue weighted by atomic mass is 14.6. The number of aryl methyl sites for hydroxylation is 2. The molecule has 1 rings (SSSR count). The molecule has 1 aromatic rings. The van der Waals surface area contributed by atoms with E-state index in [9.17, 15) is 0 Å². The Morgan fingerprint density at radius 3 is 2.44 bits per heavy atom. The molecule has 0 bridgehead atoms. The zero-order valence-electron chi connectivity index (χ0n) is 10.3. The Bertz CT molecular complexity index is 353. The Hall–Kier alpha value is -1.26. The maximum atomic E-state index is 6.08. The van der Waals surface area contributed by atoms with E-state index in [1.807, 2.05) is 0 Å². The van der Waals surface area contributed by atoms with Gasteiger partial charge in [0.15, 0.2) is 0 Å². The van der Waals surface area contributed by atoms with Crippen molar-refractivity contribution in [2.24, 2.45) is 5.73 Å². The third-order valence-electron chi connectivity index (χ3n) is 2.68. The topological polar surface area (TPSA) is 26.0 Å². The van der Waals surface area contributed by atoms with E-state index in [0.717, 1.165) is 25.7 Å². The van der Waals surface area contributed by atoms with Gasteiger partial charge in [-0.2, -0.15) is 0 Å². The van der Waals surface area contributed by atoms with Crippen LogP contribution in [-0.2, 0) is 6.42 Å². The number of hydrogen-bond donors (Lipinski definition) is 1. The molecule has 0 radical (unpaired) electrons. The molecule has 0 heterocycles. The van der Waals surface area contributed by atoms with Crippen LogP contribution in [-0.4, -0.2) is 6.04 Å². The van der Waals surface area contributed by atoms with Crippen LogP contribution in [0, 0.1) is 26.2 Å². The molecule has 0 aliphatic carbocycles. The fourth-order valence-corrected chi connectivity index (χ4v) is 2.06. The molecule has 1 aromatic carbocycles. The fourth-order valence-electron chi connectivity index (χ4n) is 2.06. The molecular formula is C15H21N. The van der Waals surface area contributed by atoms with E-state index in [1.165, 1.54) is 16.7 Å². The van der Waals surface area contributed by atoms with Crippen LogP contribution >= 0.6 is 0 Å². The average molecular weight is 215 g/mol. The summed E-state index contributed by atoms with van der Waals surface area (Å²) in [6.07, 6.45) is 9.04. The van der Waals surface area contributed by atoms with E-state index in [4.69, 9.17) is 12.2 Å². The second-order valence-electron chi connectivity index (χ2n) is 4.56. The normalized spacial score (nSPS) is 12.1. The minimum Gasteiger partial charge on any atom is -0.327 e. The molecule has 86 valence electrons. The summed E-state index contributed by atoms with van der Waals surface area (Å²) >= 11 is 0. The second kappa shape index (κ2) is 6.35. The third-order valence-corrected chi connectivity index (χ3v) is 2.68. The first-order chi connectivity index (χ1) is 7.61. The van der Waals surface area contributed by atoms with E-state index < -0.39 is 0 Å². The lowest BCUT2D eigenvalue weighted by Crippen LogP contribution is -2.22. The summed E-state index contributed by atoms with van der Waals surface area (Å²) in [4.78, 5) is 0. The average Bonchev–Trinajstić information content (AvgIpc) is 2.16. The molecule has 1 nitrogen and oxygen atoms in total. The molecule has 2 N–H and O–H groups in total. The smallest absolute Gasteiger partial charge is 0.00866 e. The zero-order chi connectivity index (χ0) is 12.0. The lowest BCUT2D eigenvalue weighted by Gasteiger charge is -2.12. The quantitative estimate of drug-likeness (QED) is 0.593. The lowest BCUT2D eigenvalue weighted by molar-refractivity contribution is 0.587. The fraction of sp³-hybridized carbons (Fsp3) is 0.467. The predicted octanol–water partition coefficient (Wildman–Crippen LogP) is 2.98. The number of unbranched alkanes of at least 4 members (excludes halogenated alkanes) is 1. The number of rotatable bonds is 5. The summed E-state index contributed by atoms with van der Waals surface area (Å²) in [5, 5.41) is 0. The molecule has 16 heavy (non-hydrogen) atoms. The highest BCUT2D eigenvalue weighted by molar-refractivity contribution is 5.29. The van der Waals surface area contributed by atoms with Gasteiger partial charge in [-0.1, -0.05) is 29.3 Å². The van der Waals surface area contributed by atoms with Crippen molar-refractivity contribution in [1.29, 1.82) is 0 Å². The van der Waals surface area contributed by atoms with Gasteiger partial charge in [-0.3, -0.25) is 0 Å². The molecule has 0 spiro atoms. The Labute approximate surface area is 99.1 Å². The first kappa shape index (κ1) is 12.8. The maximum absolute atomic E-state index is 6.08. The van der Waals surface area contributed by atoms with Crippen molar-refractivity contribution in [3.63, 3.8) is 0 Å². The van der Waals surface area contributed by atoms with Crippen LogP contribution in [0.4, 0.5) is 0 Å². The summed E-state index contributed by atoms with van der Waals surface area (Å²) in [6, 6.07) is 6.85. The van der Waals surface area contributed by atoms with Gasteiger partial charge in [-0.05, 0) is 38.7 Å². The van der Waals surface area contributed by atoms with E-state index >= 15 is 0 Å².